The van der Waals surface area contributed by atoms with Crippen molar-refractivity contribution in [3.8, 4) is 5.75 Å². The number of rotatable bonds is 6. The lowest BCUT2D eigenvalue weighted by molar-refractivity contribution is 0.304. The molecule has 5 heteroatoms. The minimum absolute atomic E-state index is 0.148. The van der Waals surface area contributed by atoms with E-state index in [4.69, 9.17) is 4.74 Å². The molecule has 0 aliphatic rings. The van der Waals surface area contributed by atoms with Crippen LogP contribution in [0, 0.1) is 5.82 Å². The summed E-state index contributed by atoms with van der Waals surface area (Å²) in [6.45, 7) is 4.26. The molecule has 4 nitrogen and oxygen atoms in total. The Morgan fingerprint density at radius 3 is 2.56 bits per heavy atom. The number of halogens is 1. The van der Waals surface area contributed by atoms with Crippen LogP contribution in [0.15, 0.2) is 60.9 Å². The monoisotopic (exact) mass is 337 g/mol. The molecule has 2 aromatic heterocycles. The van der Waals surface area contributed by atoms with Crippen LogP contribution in [0.5, 0.6) is 5.75 Å². The van der Waals surface area contributed by atoms with Crippen LogP contribution in [0.25, 0.3) is 0 Å². The van der Waals surface area contributed by atoms with Crippen LogP contribution in [-0.4, -0.2) is 9.97 Å². The molecule has 3 aromatic rings. The van der Waals surface area contributed by atoms with Crippen LogP contribution in [-0.2, 0) is 6.61 Å². The first-order valence-corrected chi connectivity index (χ1v) is 8.17. The highest BCUT2D eigenvalue weighted by molar-refractivity contribution is 5.51. The lowest BCUT2D eigenvalue weighted by atomic mass is 10.0. The third-order valence-corrected chi connectivity index (χ3v) is 3.74. The molecule has 0 aliphatic heterocycles. The minimum atomic E-state index is -0.236. The SMILES string of the molecule is CC(C)c1ccc(OCc2ccnc(Nc3ccccn3)c2)cc1F. The molecule has 25 heavy (non-hydrogen) atoms. The van der Waals surface area contributed by atoms with E-state index in [2.05, 4.69) is 15.3 Å². The molecule has 0 atom stereocenters. The van der Waals surface area contributed by atoms with Crippen molar-refractivity contribution in [2.24, 2.45) is 0 Å². The van der Waals surface area contributed by atoms with Gasteiger partial charge in [0.05, 0.1) is 0 Å². The van der Waals surface area contributed by atoms with E-state index in [1.54, 1.807) is 24.5 Å². The van der Waals surface area contributed by atoms with Crippen molar-refractivity contribution < 1.29 is 9.13 Å². The Labute approximate surface area is 146 Å². The van der Waals surface area contributed by atoms with Gasteiger partial charge in [-0.15, -0.1) is 0 Å². The first-order chi connectivity index (χ1) is 12.1. The van der Waals surface area contributed by atoms with Crippen molar-refractivity contribution in [1.82, 2.24) is 9.97 Å². The molecular formula is C20H20FN3O. The summed E-state index contributed by atoms with van der Waals surface area (Å²) in [6.07, 6.45) is 3.41. The van der Waals surface area contributed by atoms with Crippen LogP contribution < -0.4 is 10.1 Å². The van der Waals surface area contributed by atoms with Crippen LogP contribution in [0.3, 0.4) is 0 Å². The number of nitrogens with one attached hydrogen (secondary N) is 1. The van der Waals surface area contributed by atoms with Crippen molar-refractivity contribution in [3.05, 3.63) is 77.9 Å². The van der Waals surface area contributed by atoms with Gasteiger partial charge in [0, 0.05) is 18.5 Å². The standard InChI is InChI=1S/C20H20FN3O/c1-14(2)17-7-6-16(12-18(17)21)25-13-15-8-10-23-20(11-15)24-19-5-3-4-9-22-19/h3-12,14H,13H2,1-2H3,(H,22,23,24). The van der Waals surface area contributed by atoms with E-state index in [1.807, 2.05) is 44.2 Å². The molecule has 0 bridgehead atoms. The zero-order chi connectivity index (χ0) is 17.6. The summed E-state index contributed by atoms with van der Waals surface area (Å²) < 4.78 is 19.7. The fraction of sp³-hybridized carbons (Fsp3) is 0.200. The van der Waals surface area contributed by atoms with Crippen LogP contribution in [0.4, 0.5) is 16.0 Å². The van der Waals surface area contributed by atoms with E-state index in [0.29, 0.717) is 23.7 Å². The van der Waals surface area contributed by atoms with Crippen molar-refractivity contribution >= 4 is 11.6 Å². The quantitative estimate of drug-likeness (QED) is 0.683. The maximum atomic E-state index is 14.0. The van der Waals surface area contributed by atoms with Gasteiger partial charge in [0.1, 0.15) is 29.8 Å². The van der Waals surface area contributed by atoms with Gasteiger partial charge >= 0.3 is 0 Å². The van der Waals surface area contributed by atoms with Crippen LogP contribution in [0.2, 0.25) is 0 Å². The third-order valence-electron chi connectivity index (χ3n) is 3.74. The normalized spacial score (nSPS) is 10.7. The second-order valence-corrected chi connectivity index (χ2v) is 6.02. The summed E-state index contributed by atoms with van der Waals surface area (Å²) in [5.74, 6) is 1.83. The van der Waals surface area contributed by atoms with Gasteiger partial charge in [0.25, 0.3) is 0 Å². The first kappa shape index (κ1) is 16.9. The number of anilines is 2. The lowest BCUT2D eigenvalue weighted by Gasteiger charge is -2.11. The van der Waals surface area contributed by atoms with E-state index in [-0.39, 0.29) is 11.7 Å². The molecule has 1 aromatic carbocycles. The molecule has 128 valence electrons. The molecule has 0 aliphatic carbocycles. The van der Waals surface area contributed by atoms with Crippen LogP contribution in [0.1, 0.15) is 30.9 Å². The van der Waals surface area contributed by atoms with E-state index in [0.717, 1.165) is 11.4 Å². The molecule has 0 saturated heterocycles. The highest BCUT2D eigenvalue weighted by atomic mass is 19.1. The predicted molar refractivity (Wildman–Crippen MR) is 96.6 cm³/mol. The first-order valence-electron chi connectivity index (χ1n) is 8.17. The Bertz CT molecular complexity index is 837. The summed E-state index contributed by atoms with van der Waals surface area (Å²) in [6, 6.07) is 14.4. The van der Waals surface area contributed by atoms with Gasteiger partial charge in [-0.05, 0) is 47.4 Å². The lowest BCUT2D eigenvalue weighted by Crippen LogP contribution is -2.00. The van der Waals surface area contributed by atoms with Crippen LogP contribution >= 0.6 is 0 Å². The summed E-state index contributed by atoms with van der Waals surface area (Å²) in [7, 11) is 0. The Balaban J connectivity index is 1.65. The molecule has 0 radical (unpaired) electrons. The molecule has 0 fully saturated rings. The van der Waals surface area contributed by atoms with Gasteiger partial charge in [-0.2, -0.15) is 0 Å². The van der Waals surface area contributed by atoms with E-state index in [9.17, 15) is 4.39 Å². The molecule has 3 rings (SSSR count). The van der Waals surface area contributed by atoms with Crippen molar-refractivity contribution in [1.29, 1.82) is 0 Å². The predicted octanol–water partition coefficient (Wildman–Crippen LogP) is 5.06. The molecule has 1 N–H and O–H groups in total. The molecule has 0 spiro atoms. The average Bonchev–Trinajstić information content (AvgIpc) is 2.61. The van der Waals surface area contributed by atoms with Crippen molar-refractivity contribution in [3.63, 3.8) is 0 Å². The zero-order valence-electron chi connectivity index (χ0n) is 14.2. The second-order valence-electron chi connectivity index (χ2n) is 6.02. The number of hydrogen-bond donors (Lipinski definition) is 1. The molecule has 0 amide bonds. The number of ether oxygens (including phenoxy) is 1. The van der Waals surface area contributed by atoms with Gasteiger partial charge in [-0.25, -0.2) is 14.4 Å². The number of benzene rings is 1. The van der Waals surface area contributed by atoms with E-state index < -0.39 is 0 Å². The Morgan fingerprint density at radius 1 is 1.00 bits per heavy atom. The summed E-state index contributed by atoms with van der Waals surface area (Å²) in [5.41, 5.74) is 1.62. The topological polar surface area (TPSA) is 47.0 Å². The van der Waals surface area contributed by atoms with Gasteiger partial charge < -0.3 is 10.1 Å². The van der Waals surface area contributed by atoms with Gasteiger partial charge in [0.15, 0.2) is 0 Å². The number of nitrogens with zero attached hydrogens (tertiary/aromatic N) is 2. The number of aromatic nitrogens is 2. The second kappa shape index (κ2) is 7.75. The third kappa shape index (κ3) is 4.53. The fourth-order valence-corrected chi connectivity index (χ4v) is 2.43. The molecule has 0 saturated carbocycles. The number of hydrogen-bond acceptors (Lipinski definition) is 4. The molecular weight excluding hydrogens is 317 g/mol. The molecule has 2 heterocycles. The van der Waals surface area contributed by atoms with Gasteiger partial charge in [-0.3, -0.25) is 0 Å². The Kier molecular flexibility index (Phi) is 5.23. The highest BCUT2D eigenvalue weighted by Gasteiger charge is 2.08. The van der Waals surface area contributed by atoms with Crippen molar-refractivity contribution in [2.45, 2.75) is 26.4 Å². The minimum Gasteiger partial charge on any atom is -0.489 e. The summed E-state index contributed by atoms with van der Waals surface area (Å²) in [5, 5.41) is 3.13. The Hall–Kier alpha value is -2.95. The van der Waals surface area contributed by atoms with Gasteiger partial charge in [-0.1, -0.05) is 26.0 Å². The largest absolute Gasteiger partial charge is 0.489 e. The summed E-state index contributed by atoms with van der Waals surface area (Å²) >= 11 is 0. The van der Waals surface area contributed by atoms with E-state index >= 15 is 0 Å². The highest BCUT2D eigenvalue weighted by Crippen LogP contribution is 2.23. The maximum Gasteiger partial charge on any atom is 0.131 e. The maximum absolute atomic E-state index is 14.0. The molecule has 0 unspecified atom stereocenters. The average molecular weight is 337 g/mol. The number of pyridine rings is 2. The Morgan fingerprint density at radius 2 is 1.84 bits per heavy atom. The van der Waals surface area contributed by atoms with Gasteiger partial charge in [0.2, 0.25) is 0 Å². The fourth-order valence-electron chi connectivity index (χ4n) is 2.43. The van der Waals surface area contributed by atoms with E-state index in [1.165, 1.54) is 6.07 Å². The summed E-state index contributed by atoms with van der Waals surface area (Å²) in [4.78, 5) is 8.47. The smallest absolute Gasteiger partial charge is 0.131 e. The van der Waals surface area contributed by atoms with Crippen molar-refractivity contribution in [2.75, 3.05) is 5.32 Å². The zero-order valence-corrected chi connectivity index (χ0v) is 14.2.